The molecule has 0 amide bonds. The van der Waals surface area contributed by atoms with Crippen LogP contribution >= 0.6 is 0 Å². The van der Waals surface area contributed by atoms with E-state index >= 15 is 0 Å². The van der Waals surface area contributed by atoms with Gasteiger partial charge in [0.1, 0.15) is 0 Å². The number of likely N-dealkylation sites (tertiary alicyclic amines) is 1. The first-order chi connectivity index (χ1) is 12.1. The number of nitrogens with one attached hydrogen (secondary N) is 1. The first-order valence-corrected chi connectivity index (χ1v) is 9.11. The first kappa shape index (κ1) is 16.2. The molecular formula is C21H25N3O. The monoisotopic (exact) mass is 335 g/mol. The molecular weight excluding hydrogens is 310 g/mol. The second-order valence-corrected chi connectivity index (χ2v) is 7.13. The van der Waals surface area contributed by atoms with Crippen LogP contribution in [0, 0.1) is 0 Å². The molecule has 0 saturated carbocycles. The average Bonchev–Trinajstić information content (AvgIpc) is 3.05. The van der Waals surface area contributed by atoms with Crippen LogP contribution in [0.5, 0.6) is 0 Å². The number of hydrogen-bond acceptors (Lipinski definition) is 3. The third-order valence-corrected chi connectivity index (χ3v) is 5.59. The molecule has 2 aromatic carbocycles. The fourth-order valence-corrected chi connectivity index (χ4v) is 4.07. The molecule has 1 atom stereocenters. The number of para-hydroxylation sites is 1. The van der Waals surface area contributed by atoms with Crippen molar-refractivity contribution in [3.63, 3.8) is 0 Å². The Labute approximate surface area is 148 Å². The Bertz CT molecular complexity index is 976. The number of fused-ring (bicyclic) bond motifs is 2. The lowest BCUT2D eigenvalue weighted by Gasteiger charge is -2.19. The van der Waals surface area contributed by atoms with E-state index in [-0.39, 0.29) is 5.43 Å². The summed E-state index contributed by atoms with van der Waals surface area (Å²) in [6.07, 6.45) is 3.77. The number of anilines is 1. The van der Waals surface area contributed by atoms with E-state index in [4.69, 9.17) is 0 Å². The Morgan fingerprint density at radius 1 is 1.08 bits per heavy atom. The molecule has 3 aromatic rings. The summed E-state index contributed by atoms with van der Waals surface area (Å²) in [6, 6.07) is 14.6. The molecule has 4 rings (SSSR count). The Morgan fingerprint density at radius 2 is 1.88 bits per heavy atom. The van der Waals surface area contributed by atoms with Crippen LogP contribution in [0.25, 0.3) is 21.8 Å². The number of hydrogen-bond donors (Lipinski definition) is 1. The maximum absolute atomic E-state index is 12.7. The summed E-state index contributed by atoms with van der Waals surface area (Å²) >= 11 is 0. The third kappa shape index (κ3) is 2.91. The van der Waals surface area contributed by atoms with Crippen LogP contribution in [0.3, 0.4) is 0 Å². The molecule has 4 heteroatoms. The van der Waals surface area contributed by atoms with Crippen LogP contribution in [-0.4, -0.2) is 35.6 Å². The van der Waals surface area contributed by atoms with Crippen molar-refractivity contribution in [2.75, 3.05) is 25.5 Å². The van der Waals surface area contributed by atoms with Gasteiger partial charge in [0, 0.05) is 36.1 Å². The maximum atomic E-state index is 12.7. The van der Waals surface area contributed by atoms with E-state index < -0.39 is 0 Å². The molecule has 0 unspecified atom stereocenters. The van der Waals surface area contributed by atoms with Gasteiger partial charge in [-0.1, -0.05) is 12.1 Å². The molecule has 1 aliphatic rings. The lowest BCUT2D eigenvalue weighted by molar-refractivity contribution is 0.301. The summed E-state index contributed by atoms with van der Waals surface area (Å²) in [4.78, 5) is 15.2. The van der Waals surface area contributed by atoms with Crippen LogP contribution < -0.4 is 10.7 Å². The van der Waals surface area contributed by atoms with Gasteiger partial charge in [-0.3, -0.25) is 4.79 Å². The van der Waals surface area contributed by atoms with Crippen LogP contribution in [-0.2, 0) is 7.05 Å². The van der Waals surface area contributed by atoms with E-state index in [1.54, 1.807) is 0 Å². The molecule has 1 aliphatic heterocycles. The lowest BCUT2D eigenvalue weighted by atomic mass is 10.1. The van der Waals surface area contributed by atoms with Crippen LogP contribution in [0.1, 0.15) is 19.3 Å². The average molecular weight is 335 g/mol. The van der Waals surface area contributed by atoms with Gasteiger partial charge < -0.3 is 14.8 Å². The maximum Gasteiger partial charge on any atom is 0.197 e. The fourth-order valence-electron chi connectivity index (χ4n) is 4.07. The summed E-state index contributed by atoms with van der Waals surface area (Å²) < 4.78 is 2.11. The zero-order valence-electron chi connectivity index (χ0n) is 15.0. The molecule has 0 aliphatic carbocycles. The molecule has 1 N–H and O–H groups in total. The van der Waals surface area contributed by atoms with E-state index in [0.717, 1.165) is 40.5 Å². The van der Waals surface area contributed by atoms with Gasteiger partial charge in [-0.05, 0) is 63.2 Å². The van der Waals surface area contributed by atoms with Gasteiger partial charge in [-0.2, -0.15) is 0 Å². The first-order valence-electron chi connectivity index (χ1n) is 9.11. The number of rotatable bonds is 4. The summed E-state index contributed by atoms with van der Waals surface area (Å²) in [6.45, 7) is 2.18. The van der Waals surface area contributed by atoms with Gasteiger partial charge in [0.2, 0.25) is 0 Å². The summed E-state index contributed by atoms with van der Waals surface area (Å²) in [5, 5.41) is 5.10. The number of nitrogens with zero attached hydrogens (tertiary/aromatic N) is 2. The van der Waals surface area contributed by atoms with Crippen molar-refractivity contribution < 1.29 is 0 Å². The van der Waals surface area contributed by atoms with Crippen molar-refractivity contribution in [1.29, 1.82) is 0 Å². The second kappa shape index (κ2) is 6.52. The Hall–Kier alpha value is -2.33. The summed E-state index contributed by atoms with van der Waals surface area (Å²) in [7, 11) is 4.25. The molecule has 0 spiro atoms. The highest BCUT2D eigenvalue weighted by Gasteiger charge is 2.19. The SMILES string of the molecule is CN1CCC[C@H]1CCNc1ccc2c(=O)c3ccccc3n(C)c2c1. The topological polar surface area (TPSA) is 37.3 Å². The smallest absolute Gasteiger partial charge is 0.197 e. The van der Waals surface area contributed by atoms with E-state index in [0.29, 0.717) is 6.04 Å². The molecule has 1 saturated heterocycles. The molecule has 4 nitrogen and oxygen atoms in total. The van der Waals surface area contributed by atoms with E-state index in [9.17, 15) is 4.79 Å². The van der Waals surface area contributed by atoms with Crippen molar-refractivity contribution >= 4 is 27.5 Å². The minimum absolute atomic E-state index is 0.114. The minimum atomic E-state index is 0.114. The van der Waals surface area contributed by atoms with Gasteiger partial charge in [-0.25, -0.2) is 0 Å². The number of benzene rings is 2. The zero-order valence-corrected chi connectivity index (χ0v) is 15.0. The number of aryl methyl sites for hydroxylation is 1. The molecule has 0 bridgehead atoms. The quantitative estimate of drug-likeness (QED) is 0.741. The van der Waals surface area contributed by atoms with Gasteiger partial charge in [-0.15, -0.1) is 0 Å². The van der Waals surface area contributed by atoms with Crippen molar-refractivity contribution in [2.45, 2.75) is 25.3 Å². The van der Waals surface area contributed by atoms with E-state index in [2.05, 4.69) is 27.9 Å². The minimum Gasteiger partial charge on any atom is -0.385 e. The molecule has 25 heavy (non-hydrogen) atoms. The van der Waals surface area contributed by atoms with Crippen LogP contribution in [0.4, 0.5) is 5.69 Å². The van der Waals surface area contributed by atoms with Gasteiger partial charge in [0.15, 0.2) is 5.43 Å². The molecule has 1 fully saturated rings. The normalized spacial score (nSPS) is 18.2. The Morgan fingerprint density at radius 3 is 2.68 bits per heavy atom. The van der Waals surface area contributed by atoms with Gasteiger partial charge in [0.05, 0.1) is 11.0 Å². The number of aromatic nitrogens is 1. The standard InChI is InChI=1S/C21H25N3O/c1-23-13-5-6-16(23)11-12-22-15-9-10-18-20(14-15)24(2)19-8-4-3-7-17(19)21(18)25/h3-4,7-10,14,16,22H,5-6,11-13H2,1-2H3/t16-/m0/s1. The van der Waals surface area contributed by atoms with Crippen LogP contribution in [0.2, 0.25) is 0 Å². The molecule has 1 aromatic heterocycles. The van der Waals surface area contributed by atoms with Crippen molar-refractivity contribution in [3.8, 4) is 0 Å². The predicted octanol–water partition coefficient (Wildman–Crippen LogP) is 3.59. The molecule has 0 radical (unpaired) electrons. The summed E-state index contributed by atoms with van der Waals surface area (Å²) in [5.41, 5.74) is 3.15. The predicted molar refractivity (Wildman–Crippen MR) is 105 cm³/mol. The fraction of sp³-hybridized carbons (Fsp3) is 0.381. The van der Waals surface area contributed by atoms with Crippen molar-refractivity contribution in [3.05, 3.63) is 52.7 Å². The van der Waals surface area contributed by atoms with E-state index in [1.807, 2.05) is 43.4 Å². The van der Waals surface area contributed by atoms with Gasteiger partial charge >= 0.3 is 0 Å². The summed E-state index contributed by atoms with van der Waals surface area (Å²) in [5.74, 6) is 0. The lowest BCUT2D eigenvalue weighted by Crippen LogP contribution is -2.26. The van der Waals surface area contributed by atoms with Crippen molar-refractivity contribution in [1.82, 2.24) is 9.47 Å². The van der Waals surface area contributed by atoms with Gasteiger partial charge in [0.25, 0.3) is 0 Å². The highest BCUT2D eigenvalue weighted by molar-refractivity contribution is 5.94. The number of pyridine rings is 1. The molecule has 2 heterocycles. The molecule has 130 valence electrons. The third-order valence-electron chi connectivity index (χ3n) is 5.59. The largest absolute Gasteiger partial charge is 0.385 e. The van der Waals surface area contributed by atoms with Crippen LogP contribution in [0.15, 0.2) is 47.3 Å². The Balaban J connectivity index is 1.62. The zero-order chi connectivity index (χ0) is 17.4. The highest BCUT2D eigenvalue weighted by Crippen LogP contribution is 2.22. The highest BCUT2D eigenvalue weighted by atomic mass is 16.1. The van der Waals surface area contributed by atoms with Crippen molar-refractivity contribution in [2.24, 2.45) is 7.05 Å². The van der Waals surface area contributed by atoms with E-state index in [1.165, 1.54) is 19.4 Å². The second-order valence-electron chi connectivity index (χ2n) is 7.13. The Kier molecular flexibility index (Phi) is 4.22.